The zero-order chi connectivity index (χ0) is 11.9. The summed E-state index contributed by atoms with van der Waals surface area (Å²) in [5.41, 5.74) is 0.600. The first-order valence-electron chi connectivity index (χ1n) is 4.55. The molecule has 0 aliphatic carbocycles. The molecule has 0 bridgehead atoms. The minimum absolute atomic E-state index is 0.0491. The summed E-state index contributed by atoms with van der Waals surface area (Å²) >= 11 is 10.4. The van der Waals surface area contributed by atoms with E-state index in [1.165, 1.54) is 11.3 Å². The van der Waals surface area contributed by atoms with E-state index in [4.69, 9.17) is 16.0 Å². The summed E-state index contributed by atoms with van der Waals surface area (Å²) in [6.45, 7) is 3.60. The summed E-state index contributed by atoms with van der Waals surface area (Å²) in [5, 5.41) is 0. The lowest BCUT2D eigenvalue weighted by atomic mass is 10.1. The molecule has 2 aromatic heterocycles. The zero-order valence-corrected chi connectivity index (χ0v) is 11.8. The number of halogens is 2. The second-order valence-corrected chi connectivity index (χ2v) is 5.90. The molecule has 0 saturated heterocycles. The maximum Gasteiger partial charge on any atom is 0.206 e. The van der Waals surface area contributed by atoms with Crippen molar-refractivity contribution in [3.8, 4) is 0 Å². The minimum atomic E-state index is -0.0491. The van der Waals surface area contributed by atoms with Gasteiger partial charge in [-0.25, -0.2) is 0 Å². The topological polar surface area (TPSA) is 30.2 Å². The van der Waals surface area contributed by atoms with Gasteiger partial charge in [0.15, 0.2) is 0 Å². The Kier molecular flexibility index (Phi) is 3.24. The smallest absolute Gasteiger partial charge is 0.206 e. The van der Waals surface area contributed by atoms with E-state index in [0.717, 1.165) is 10.2 Å². The second-order valence-electron chi connectivity index (χ2n) is 3.39. The quantitative estimate of drug-likeness (QED) is 0.757. The van der Waals surface area contributed by atoms with Gasteiger partial charge in [-0.2, -0.15) is 0 Å². The Morgan fingerprint density at radius 3 is 2.56 bits per heavy atom. The monoisotopic (exact) mass is 318 g/mol. The highest BCUT2D eigenvalue weighted by atomic mass is 79.9. The molecule has 0 radical (unpaired) electrons. The summed E-state index contributed by atoms with van der Waals surface area (Å²) in [6.07, 6.45) is 0. The summed E-state index contributed by atoms with van der Waals surface area (Å²) in [6, 6.07) is 3.48. The largest absolute Gasteiger partial charge is 0.466 e. The third-order valence-electron chi connectivity index (χ3n) is 2.15. The van der Waals surface area contributed by atoms with Crippen molar-refractivity contribution < 1.29 is 9.21 Å². The number of thiophene rings is 1. The molecule has 0 aromatic carbocycles. The molecule has 84 valence electrons. The Labute approximate surface area is 110 Å². The fourth-order valence-corrected chi connectivity index (χ4v) is 3.10. The maximum absolute atomic E-state index is 12.1. The highest BCUT2D eigenvalue weighted by Gasteiger charge is 2.18. The lowest BCUT2D eigenvalue weighted by Crippen LogP contribution is -1.98. The lowest BCUT2D eigenvalue weighted by molar-refractivity contribution is 0.104. The van der Waals surface area contributed by atoms with Crippen LogP contribution < -0.4 is 0 Å². The number of rotatable bonds is 2. The molecule has 0 aliphatic heterocycles. The lowest BCUT2D eigenvalue weighted by Gasteiger charge is -1.93. The van der Waals surface area contributed by atoms with Crippen LogP contribution in [0.25, 0.3) is 0 Å². The molecule has 0 atom stereocenters. The van der Waals surface area contributed by atoms with Crippen molar-refractivity contribution in [3.05, 3.63) is 42.9 Å². The Morgan fingerprint density at radius 2 is 2.12 bits per heavy atom. The van der Waals surface area contributed by atoms with Crippen molar-refractivity contribution in [3.63, 3.8) is 0 Å². The van der Waals surface area contributed by atoms with E-state index in [-0.39, 0.29) is 5.78 Å². The van der Waals surface area contributed by atoms with Crippen LogP contribution in [0.4, 0.5) is 0 Å². The molecule has 0 aliphatic rings. The number of carbonyl (C=O) groups excluding carboxylic acids is 1. The Bertz CT molecular complexity index is 537. The van der Waals surface area contributed by atoms with Gasteiger partial charge < -0.3 is 4.42 Å². The van der Waals surface area contributed by atoms with Crippen molar-refractivity contribution in [1.29, 1.82) is 0 Å². The molecular weight excluding hydrogens is 312 g/mol. The molecule has 2 nitrogen and oxygen atoms in total. The van der Waals surface area contributed by atoms with Crippen molar-refractivity contribution in [1.82, 2.24) is 0 Å². The van der Waals surface area contributed by atoms with Gasteiger partial charge in [-0.05, 0) is 41.9 Å². The predicted molar refractivity (Wildman–Crippen MR) is 68.6 cm³/mol. The molecule has 0 amide bonds. The SMILES string of the molecule is Cc1cc(C(=O)c2cc(Br)c(Cl)s2)c(C)o1. The molecule has 0 fully saturated rings. The predicted octanol–water partition coefficient (Wildman–Crippen LogP) is 4.60. The van der Waals surface area contributed by atoms with Crippen LogP contribution in [0.15, 0.2) is 21.0 Å². The van der Waals surface area contributed by atoms with E-state index in [9.17, 15) is 4.79 Å². The number of carbonyl (C=O) groups is 1. The molecule has 0 N–H and O–H groups in total. The molecular formula is C11H8BrClO2S. The molecule has 0 saturated carbocycles. The van der Waals surface area contributed by atoms with Crippen molar-refractivity contribution in [2.45, 2.75) is 13.8 Å². The number of hydrogen-bond acceptors (Lipinski definition) is 3. The summed E-state index contributed by atoms with van der Waals surface area (Å²) < 4.78 is 6.67. The van der Waals surface area contributed by atoms with E-state index < -0.39 is 0 Å². The van der Waals surface area contributed by atoms with Crippen LogP contribution >= 0.6 is 38.9 Å². The van der Waals surface area contributed by atoms with Crippen molar-refractivity contribution in [2.24, 2.45) is 0 Å². The van der Waals surface area contributed by atoms with Crippen LogP contribution in [0.2, 0.25) is 4.34 Å². The molecule has 2 heterocycles. The van der Waals surface area contributed by atoms with Gasteiger partial charge in [-0.3, -0.25) is 4.79 Å². The Morgan fingerprint density at radius 1 is 1.44 bits per heavy atom. The zero-order valence-electron chi connectivity index (χ0n) is 8.64. The van der Waals surface area contributed by atoms with E-state index in [2.05, 4.69) is 15.9 Å². The van der Waals surface area contributed by atoms with Gasteiger partial charge >= 0.3 is 0 Å². The Balaban J connectivity index is 2.42. The average molecular weight is 320 g/mol. The summed E-state index contributed by atoms with van der Waals surface area (Å²) in [5.74, 6) is 1.33. The van der Waals surface area contributed by atoms with Gasteiger partial charge in [0.2, 0.25) is 5.78 Å². The number of aryl methyl sites for hydroxylation is 2. The van der Waals surface area contributed by atoms with Crippen molar-refractivity contribution in [2.75, 3.05) is 0 Å². The summed E-state index contributed by atoms with van der Waals surface area (Å²) in [7, 11) is 0. The van der Waals surface area contributed by atoms with Crippen LogP contribution in [0, 0.1) is 13.8 Å². The first kappa shape index (κ1) is 11.9. The van der Waals surface area contributed by atoms with Gasteiger partial charge in [-0.1, -0.05) is 11.6 Å². The van der Waals surface area contributed by atoms with Crippen molar-refractivity contribution >= 4 is 44.7 Å². The van der Waals surface area contributed by atoms with Gasteiger partial charge in [-0.15, -0.1) is 11.3 Å². The molecule has 2 aromatic rings. The normalized spacial score (nSPS) is 10.8. The number of hydrogen-bond donors (Lipinski definition) is 0. The first-order chi connectivity index (χ1) is 7.49. The second kappa shape index (κ2) is 4.35. The van der Waals surface area contributed by atoms with E-state index in [1.807, 2.05) is 6.92 Å². The van der Waals surface area contributed by atoms with E-state index in [0.29, 0.717) is 20.5 Å². The van der Waals surface area contributed by atoms with Crippen LogP contribution in [-0.4, -0.2) is 5.78 Å². The first-order valence-corrected chi connectivity index (χ1v) is 6.54. The molecule has 0 spiro atoms. The number of ketones is 1. The minimum Gasteiger partial charge on any atom is -0.466 e. The fourth-order valence-electron chi connectivity index (χ4n) is 1.45. The van der Waals surface area contributed by atoms with Crippen LogP contribution in [0.1, 0.15) is 26.8 Å². The average Bonchev–Trinajstić information content (AvgIpc) is 2.70. The third kappa shape index (κ3) is 2.10. The van der Waals surface area contributed by atoms with Crippen LogP contribution in [-0.2, 0) is 0 Å². The standard InChI is InChI=1S/C11H8BrClO2S/c1-5-3-7(6(2)15-5)10(14)9-4-8(12)11(13)16-9/h3-4H,1-2H3. The Hall–Kier alpha value is -0.580. The van der Waals surface area contributed by atoms with E-state index in [1.54, 1.807) is 19.1 Å². The van der Waals surface area contributed by atoms with Gasteiger partial charge in [0.05, 0.1) is 10.4 Å². The highest BCUT2D eigenvalue weighted by molar-refractivity contribution is 9.10. The summed E-state index contributed by atoms with van der Waals surface area (Å²) in [4.78, 5) is 12.7. The molecule has 16 heavy (non-hydrogen) atoms. The van der Waals surface area contributed by atoms with Gasteiger partial charge in [0.25, 0.3) is 0 Å². The maximum atomic E-state index is 12.1. The highest BCUT2D eigenvalue weighted by Crippen LogP contribution is 2.33. The van der Waals surface area contributed by atoms with Gasteiger partial charge in [0.1, 0.15) is 15.9 Å². The van der Waals surface area contributed by atoms with Gasteiger partial charge in [0, 0.05) is 4.47 Å². The van der Waals surface area contributed by atoms with E-state index >= 15 is 0 Å². The van der Waals surface area contributed by atoms with Crippen LogP contribution in [0.3, 0.4) is 0 Å². The fraction of sp³-hybridized carbons (Fsp3) is 0.182. The molecule has 2 rings (SSSR count). The number of furan rings is 1. The van der Waals surface area contributed by atoms with Crippen LogP contribution in [0.5, 0.6) is 0 Å². The molecule has 0 unspecified atom stereocenters. The third-order valence-corrected chi connectivity index (χ3v) is 4.63. The molecule has 5 heteroatoms.